The second-order valence-corrected chi connectivity index (χ2v) is 2.56. The highest BCUT2D eigenvalue weighted by Crippen LogP contribution is 2.09. The van der Waals surface area contributed by atoms with Crippen molar-refractivity contribution in [2.45, 2.75) is 0 Å². The summed E-state index contributed by atoms with van der Waals surface area (Å²) in [5.41, 5.74) is 6.57. The molecule has 3 heteroatoms. The fraction of sp³-hybridized carbons (Fsp3) is 0.200. The summed E-state index contributed by atoms with van der Waals surface area (Å²) in [5, 5.41) is 1.28. The molecule has 0 unspecified atom stereocenters. The minimum absolute atomic E-state index is 1.21. The zero-order valence-electron chi connectivity index (χ0n) is 7.96. The first-order chi connectivity index (χ1) is 6.38. The number of hydrogen-bond acceptors (Lipinski definition) is 2. The van der Waals surface area contributed by atoms with Gasteiger partial charge in [0, 0.05) is 11.7 Å². The molecule has 3 N–H and O–H groups in total. The lowest BCUT2D eigenvalue weighted by Gasteiger charge is -1.83. The number of rotatable bonds is 1. The highest BCUT2D eigenvalue weighted by molar-refractivity contribution is 5.78. The average molecular weight is 177 g/mol. The molecule has 2 aromatic rings. The number of H-pyrrole nitrogens is 1. The van der Waals surface area contributed by atoms with Crippen molar-refractivity contribution in [3.05, 3.63) is 36.5 Å². The highest BCUT2D eigenvalue weighted by atomic mass is 15.3. The van der Waals surface area contributed by atoms with E-state index in [0.717, 1.165) is 0 Å². The van der Waals surface area contributed by atoms with E-state index >= 15 is 0 Å². The van der Waals surface area contributed by atoms with Gasteiger partial charge < -0.3 is 4.98 Å². The van der Waals surface area contributed by atoms with Gasteiger partial charge in [0.1, 0.15) is 0 Å². The van der Waals surface area contributed by atoms with Crippen LogP contribution in [0.4, 0.5) is 0 Å². The molecule has 1 aromatic heterocycles. The third-order valence-corrected chi connectivity index (χ3v) is 1.71. The zero-order chi connectivity index (χ0) is 9.52. The molecule has 13 heavy (non-hydrogen) atoms. The van der Waals surface area contributed by atoms with E-state index in [1.165, 1.54) is 10.9 Å². The minimum Gasteiger partial charge on any atom is -0.361 e. The molecule has 0 aliphatic carbocycles. The molecule has 0 saturated heterocycles. The molecule has 0 bridgehead atoms. The quantitative estimate of drug-likeness (QED) is 0.578. The van der Waals surface area contributed by atoms with Crippen LogP contribution in [0, 0.1) is 0 Å². The van der Waals surface area contributed by atoms with Crippen LogP contribution in [0.25, 0.3) is 10.9 Å². The molecular formula is C10H15N3. The summed E-state index contributed by atoms with van der Waals surface area (Å²) in [6.45, 7) is 0. The molecule has 0 radical (unpaired) electrons. The van der Waals surface area contributed by atoms with Crippen LogP contribution < -0.4 is 10.9 Å². The van der Waals surface area contributed by atoms with Crippen molar-refractivity contribution in [1.29, 1.82) is 0 Å². The summed E-state index contributed by atoms with van der Waals surface area (Å²) in [4.78, 5) is 3.12. The predicted octanol–water partition coefficient (Wildman–Crippen LogP) is 1.51. The van der Waals surface area contributed by atoms with Crippen molar-refractivity contribution in [2.24, 2.45) is 0 Å². The third-order valence-electron chi connectivity index (χ3n) is 1.71. The van der Waals surface area contributed by atoms with Crippen molar-refractivity contribution < 1.29 is 0 Å². The number of nitrogens with one attached hydrogen (secondary N) is 3. The van der Waals surface area contributed by atoms with Gasteiger partial charge in [-0.05, 0) is 31.6 Å². The van der Waals surface area contributed by atoms with Crippen LogP contribution in [0.1, 0.15) is 0 Å². The van der Waals surface area contributed by atoms with Gasteiger partial charge in [0.2, 0.25) is 0 Å². The van der Waals surface area contributed by atoms with Crippen LogP contribution in [0.15, 0.2) is 36.5 Å². The maximum Gasteiger partial charge on any atom is 0.0453 e. The third kappa shape index (κ3) is 2.89. The van der Waals surface area contributed by atoms with E-state index in [2.05, 4.69) is 34.0 Å². The summed E-state index contributed by atoms with van der Waals surface area (Å²) in [6.07, 6.45) is 1.95. The number of fused-ring (bicyclic) bond motifs is 1. The molecule has 0 saturated carbocycles. The second-order valence-electron chi connectivity index (χ2n) is 2.56. The fourth-order valence-corrected chi connectivity index (χ4v) is 0.995. The summed E-state index contributed by atoms with van der Waals surface area (Å²) < 4.78 is 0. The minimum atomic E-state index is 1.21. The van der Waals surface area contributed by atoms with E-state index in [1.807, 2.05) is 32.4 Å². The summed E-state index contributed by atoms with van der Waals surface area (Å²) in [7, 11) is 3.64. The van der Waals surface area contributed by atoms with Crippen LogP contribution in [-0.2, 0) is 0 Å². The van der Waals surface area contributed by atoms with Crippen LogP contribution in [0.5, 0.6) is 0 Å². The standard InChI is InChI=1S/C8H7N.C2H8N2/c1-2-4-8-7(3-1)5-6-9-8;1-3-4-2/h1-6,9H;3-4H,1-2H3. The van der Waals surface area contributed by atoms with Crippen molar-refractivity contribution in [3.63, 3.8) is 0 Å². The lowest BCUT2D eigenvalue weighted by molar-refractivity contribution is 0.689. The molecule has 0 fully saturated rings. The Morgan fingerprint density at radius 1 is 1.00 bits per heavy atom. The maximum absolute atomic E-state index is 3.12. The molecule has 0 amide bonds. The molecule has 70 valence electrons. The summed E-state index contributed by atoms with van der Waals surface area (Å²) in [5.74, 6) is 0. The lowest BCUT2D eigenvalue weighted by atomic mass is 10.3. The Balaban J connectivity index is 0.000000184. The molecular weight excluding hydrogens is 162 g/mol. The Morgan fingerprint density at radius 2 is 1.69 bits per heavy atom. The molecule has 3 nitrogen and oxygen atoms in total. The zero-order valence-corrected chi connectivity index (χ0v) is 7.96. The maximum atomic E-state index is 3.12. The van der Waals surface area contributed by atoms with E-state index < -0.39 is 0 Å². The first-order valence-corrected chi connectivity index (χ1v) is 4.24. The van der Waals surface area contributed by atoms with Gasteiger partial charge in [0.25, 0.3) is 0 Å². The number of aromatic amines is 1. The van der Waals surface area contributed by atoms with Crippen molar-refractivity contribution in [2.75, 3.05) is 14.1 Å². The Hall–Kier alpha value is -1.32. The van der Waals surface area contributed by atoms with Gasteiger partial charge in [-0.25, -0.2) is 0 Å². The lowest BCUT2D eigenvalue weighted by Crippen LogP contribution is -2.21. The molecule has 0 atom stereocenters. The monoisotopic (exact) mass is 177 g/mol. The summed E-state index contributed by atoms with van der Waals surface area (Å²) >= 11 is 0. The van der Waals surface area contributed by atoms with Gasteiger partial charge in [0.15, 0.2) is 0 Å². The van der Waals surface area contributed by atoms with E-state index in [4.69, 9.17) is 0 Å². The first-order valence-electron chi connectivity index (χ1n) is 4.24. The normalized spacial score (nSPS) is 9.38. The van der Waals surface area contributed by atoms with Crippen molar-refractivity contribution in [3.8, 4) is 0 Å². The van der Waals surface area contributed by atoms with E-state index in [-0.39, 0.29) is 0 Å². The number of benzene rings is 1. The second kappa shape index (κ2) is 5.35. The van der Waals surface area contributed by atoms with E-state index in [9.17, 15) is 0 Å². The molecule has 0 aliphatic rings. The van der Waals surface area contributed by atoms with Gasteiger partial charge in [-0.3, -0.25) is 10.9 Å². The number of hydrazine groups is 1. The predicted molar refractivity (Wildman–Crippen MR) is 56.4 cm³/mol. The molecule has 0 aliphatic heterocycles. The van der Waals surface area contributed by atoms with Gasteiger partial charge in [-0.1, -0.05) is 18.2 Å². The molecule has 0 spiro atoms. The largest absolute Gasteiger partial charge is 0.361 e. The highest BCUT2D eigenvalue weighted by Gasteiger charge is 1.86. The van der Waals surface area contributed by atoms with Crippen molar-refractivity contribution in [1.82, 2.24) is 15.8 Å². The van der Waals surface area contributed by atoms with Gasteiger partial charge in [-0.15, -0.1) is 0 Å². The average Bonchev–Trinajstić information content (AvgIpc) is 2.66. The van der Waals surface area contributed by atoms with Crippen LogP contribution in [0.2, 0.25) is 0 Å². The van der Waals surface area contributed by atoms with E-state index in [0.29, 0.717) is 0 Å². The van der Waals surface area contributed by atoms with Crippen LogP contribution in [-0.4, -0.2) is 19.1 Å². The SMILES string of the molecule is CNNC.c1ccc2[nH]ccc2c1. The molecule has 1 heterocycles. The topological polar surface area (TPSA) is 39.8 Å². The van der Waals surface area contributed by atoms with Gasteiger partial charge in [0.05, 0.1) is 0 Å². The van der Waals surface area contributed by atoms with Gasteiger partial charge >= 0.3 is 0 Å². The number of para-hydroxylation sites is 1. The molecule has 1 aromatic carbocycles. The van der Waals surface area contributed by atoms with Crippen LogP contribution >= 0.6 is 0 Å². The Morgan fingerprint density at radius 3 is 2.31 bits per heavy atom. The number of hydrogen-bond donors (Lipinski definition) is 3. The van der Waals surface area contributed by atoms with Gasteiger partial charge in [-0.2, -0.15) is 0 Å². The van der Waals surface area contributed by atoms with E-state index in [1.54, 1.807) is 0 Å². The van der Waals surface area contributed by atoms with Crippen LogP contribution in [0.3, 0.4) is 0 Å². The summed E-state index contributed by atoms with van der Waals surface area (Å²) in [6, 6.07) is 10.3. The Kier molecular flexibility index (Phi) is 4.02. The Labute approximate surface area is 78.1 Å². The number of aromatic nitrogens is 1. The van der Waals surface area contributed by atoms with Crippen molar-refractivity contribution >= 4 is 10.9 Å². The first kappa shape index (κ1) is 9.77. The fourth-order valence-electron chi connectivity index (χ4n) is 0.995. The smallest absolute Gasteiger partial charge is 0.0453 e. The Bertz CT molecular complexity index is 308. The molecule has 2 rings (SSSR count).